The van der Waals surface area contributed by atoms with Crippen molar-refractivity contribution >= 4 is 37.6 Å². The van der Waals surface area contributed by atoms with Crippen LogP contribution in [-0.2, 0) is 10.0 Å². The highest BCUT2D eigenvalue weighted by Gasteiger charge is 2.19. The van der Waals surface area contributed by atoms with Crippen molar-refractivity contribution in [3.05, 3.63) is 56.4 Å². The summed E-state index contributed by atoms with van der Waals surface area (Å²) in [7, 11) is -4.02. The maximum Gasteiger partial charge on any atom is 0.286 e. The van der Waals surface area contributed by atoms with Crippen LogP contribution in [0.3, 0.4) is 0 Å². The molecule has 2 aromatic rings. The van der Waals surface area contributed by atoms with Crippen LogP contribution in [0.15, 0.2) is 50.6 Å². The van der Waals surface area contributed by atoms with Crippen LogP contribution in [0.5, 0.6) is 0 Å². The van der Waals surface area contributed by atoms with Gasteiger partial charge in [0.25, 0.3) is 15.6 Å². The molecule has 0 saturated heterocycles. The summed E-state index contributed by atoms with van der Waals surface area (Å²) in [4.78, 5) is 11.5. The van der Waals surface area contributed by atoms with Gasteiger partial charge in [0.15, 0.2) is 5.15 Å². The maximum absolute atomic E-state index is 12.1. The quantitative estimate of drug-likeness (QED) is 0.830. The topological polar surface area (TPSA) is 69.0 Å². The largest absolute Gasteiger partial charge is 0.286 e. The first-order chi connectivity index (χ1) is 8.41. The van der Waals surface area contributed by atoms with E-state index in [0.29, 0.717) is 4.09 Å². The predicted octanol–water partition coefficient (Wildman–Crippen LogP) is 1.90. The summed E-state index contributed by atoms with van der Waals surface area (Å²) < 4.78 is 25.4. The lowest BCUT2D eigenvalue weighted by Gasteiger charge is -2.06. The van der Waals surface area contributed by atoms with Crippen molar-refractivity contribution in [2.45, 2.75) is 4.90 Å². The normalized spacial score (nSPS) is 11.4. The zero-order valence-corrected chi connectivity index (χ0v) is 11.9. The number of hydrogen-bond acceptors (Lipinski definition) is 4. The molecule has 1 aromatic heterocycles. The number of aromatic nitrogens is 2. The Morgan fingerprint density at radius 3 is 2.33 bits per heavy atom. The molecule has 0 radical (unpaired) electrons. The molecule has 0 aliphatic carbocycles. The molecule has 0 fully saturated rings. The Morgan fingerprint density at radius 1 is 1.11 bits per heavy atom. The summed E-state index contributed by atoms with van der Waals surface area (Å²) in [5.41, 5.74) is -0.762. The highest BCUT2D eigenvalue weighted by Crippen LogP contribution is 2.16. The molecular weight excluding hydrogens is 344 g/mol. The Kier molecular flexibility index (Phi) is 3.56. The van der Waals surface area contributed by atoms with Crippen LogP contribution in [0.25, 0.3) is 0 Å². The maximum atomic E-state index is 12.1. The van der Waals surface area contributed by atoms with Gasteiger partial charge in [0.1, 0.15) is 0 Å². The minimum atomic E-state index is -4.02. The lowest BCUT2D eigenvalue weighted by molar-refractivity contribution is 0.575. The molecule has 0 saturated carbocycles. The molecule has 0 spiro atoms. The summed E-state index contributed by atoms with van der Waals surface area (Å²) in [6, 6.07) is 8.14. The number of rotatable bonds is 2. The smallest absolute Gasteiger partial charge is 0.267 e. The van der Waals surface area contributed by atoms with Gasteiger partial charge in [-0.3, -0.25) is 4.79 Å². The van der Waals surface area contributed by atoms with Crippen LogP contribution in [0.1, 0.15) is 0 Å². The summed E-state index contributed by atoms with van der Waals surface area (Å²) in [5.74, 6) is 0. The van der Waals surface area contributed by atoms with Crippen LogP contribution in [-0.4, -0.2) is 17.6 Å². The van der Waals surface area contributed by atoms with E-state index in [1.54, 1.807) is 12.1 Å². The second-order valence-corrected chi connectivity index (χ2v) is 6.37. The van der Waals surface area contributed by atoms with Gasteiger partial charge < -0.3 is 0 Å². The van der Waals surface area contributed by atoms with Gasteiger partial charge in [-0.2, -0.15) is 8.42 Å². The minimum absolute atomic E-state index is 0.0393. The van der Waals surface area contributed by atoms with E-state index in [-0.39, 0.29) is 10.0 Å². The van der Waals surface area contributed by atoms with Gasteiger partial charge in [-0.15, -0.1) is 9.19 Å². The lowest BCUT2D eigenvalue weighted by Crippen LogP contribution is -2.29. The Labute approximate surface area is 116 Å². The fourth-order valence-corrected chi connectivity index (χ4v) is 2.87. The van der Waals surface area contributed by atoms with Crippen molar-refractivity contribution in [1.29, 1.82) is 0 Å². The van der Waals surface area contributed by atoms with Crippen LogP contribution in [0.2, 0.25) is 5.15 Å². The molecule has 5 nitrogen and oxygen atoms in total. The molecule has 0 unspecified atom stereocenters. The average Bonchev–Trinajstić information content (AvgIpc) is 2.32. The third kappa shape index (κ3) is 2.47. The van der Waals surface area contributed by atoms with Gasteiger partial charge in [-0.05, 0) is 30.3 Å². The van der Waals surface area contributed by atoms with E-state index >= 15 is 0 Å². The molecule has 0 aliphatic heterocycles. The number of nitrogens with zero attached hydrogens (tertiary/aromatic N) is 2. The first-order valence-electron chi connectivity index (χ1n) is 4.68. The Hall–Kier alpha value is -1.18. The van der Waals surface area contributed by atoms with E-state index in [9.17, 15) is 13.2 Å². The molecule has 0 N–H and O–H groups in total. The van der Waals surface area contributed by atoms with E-state index in [2.05, 4.69) is 21.0 Å². The molecule has 1 aromatic carbocycles. The second kappa shape index (κ2) is 4.83. The first kappa shape index (κ1) is 13.3. The second-order valence-electron chi connectivity index (χ2n) is 3.30. The molecule has 94 valence electrons. The summed E-state index contributed by atoms with van der Waals surface area (Å²) in [5, 5.41) is 3.44. The van der Waals surface area contributed by atoms with Crippen LogP contribution in [0.4, 0.5) is 0 Å². The van der Waals surface area contributed by atoms with Crippen molar-refractivity contribution in [2.75, 3.05) is 0 Å². The SMILES string of the molecule is O=c1ccc(Cl)nn1S(=O)(=O)c1ccc(Br)cc1. The number of benzene rings is 1. The average molecular weight is 350 g/mol. The molecule has 0 amide bonds. The summed E-state index contributed by atoms with van der Waals surface area (Å²) >= 11 is 8.79. The zero-order chi connectivity index (χ0) is 13.3. The monoisotopic (exact) mass is 348 g/mol. The van der Waals surface area contributed by atoms with Gasteiger partial charge in [-0.25, -0.2) is 0 Å². The molecule has 2 rings (SSSR count). The Balaban J connectivity index is 2.65. The highest BCUT2D eigenvalue weighted by molar-refractivity contribution is 9.10. The van der Waals surface area contributed by atoms with Crippen molar-refractivity contribution in [1.82, 2.24) is 9.19 Å². The third-order valence-electron chi connectivity index (χ3n) is 2.08. The summed E-state index contributed by atoms with van der Waals surface area (Å²) in [6.07, 6.45) is 0. The molecule has 1 heterocycles. The minimum Gasteiger partial charge on any atom is -0.267 e. The predicted molar refractivity (Wildman–Crippen MR) is 70.2 cm³/mol. The van der Waals surface area contributed by atoms with E-state index in [4.69, 9.17) is 11.6 Å². The van der Waals surface area contributed by atoms with Gasteiger partial charge >= 0.3 is 0 Å². The third-order valence-corrected chi connectivity index (χ3v) is 4.39. The lowest BCUT2D eigenvalue weighted by atomic mass is 10.4. The Bertz CT molecular complexity index is 740. The highest BCUT2D eigenvalue weighted by atomic mass is 79.9. The van der Waals surface area contributed by atoms with E-state index < -0.39 is 15.6 Å². The number of halogens is 2. The fraction of sp³-hybridized carbons (Fsp3) is 0. The summed E-state index contributed by atoms with van der Waals surface area (Å²) in [6.45, 7) is 0. The standard InChI is InChI=1S/C10H6BrClN2O3S/c11-7-1-3-8(4-2-7)18(16,17)14-10(15)6-5-9(12)13-14/h1-6H. The van der Waals surface area contributed by atoms with E-state index in [1.165, 1.54) is 18.2 Å². The van der Waals surface area contributed by atoms with E-state index in [0.717, 1.165) is 10.5 Å². The number of hydrogen-bond donors (Lipinski definition) is 0. The van der Waals surface area contributed by atoms with Gasteiger partial charge in [0.2, 0.25) is 0 Å². The van der Waals surface area contributed by atoms with Crippen molar-refractivity contribution in [3.63, 3.8) is 0 Å². The molecule has 0 aliphatic rings. The Morgan fingerprint density at radius 2 is 1.72 bits per heavy atom. The fourth-order valence-electron chi connectivity index (χ4n) is 1.25. The van der Waals surface area contributed by atoms with Crippen LogP contribution >= 0.6 is 27.5 Å². The zero-order valence-electron chi connectivity index (χ0n) is 8.75. The van der Waals surface area contributed by atoms with Crippen LogP contribution < -0.4 is 5.56 Å². The first-order valence-corrected chi connectivity index (χ1v) is 7.29. The molecule has 0 bridgehead atoms. The van der Waals surface area contributed by atoms with Crippen LogP contribution in [0, 0.1) is 0 Å². The van der Waals surface area contributed by atoms with E-state index in [1.807, 2.05) is 0 Å². The van der Waals surface area contributed by atoms with Gasteiger partial charge in [-0.1, -0.05) is 27.5 Å². The van der Waals surface area contributed by atoms with Gasteiger partial charge in [0, 0.05) is 10.5 Å². The van der Waals surface area contributed by atoms with Gasteiger partial charge in [0.05, 0.1) is 4.90 Å². The van der Waals surface area contributed by atoms with Crippen molar-refractivity contribution in [2.24, 2.45) is 0 Å². The van der Waals surface area contributed by atoms with Crippen molar-refractivity contribution in [3.8, 4) is 0 Å². The molecular formula is C10H6BrClN2O3S. The molecule has 18 heavy (non-hydrogen) atoms. The molecule has 0 atom stereocenters. The van der Waals surface area contributed by atoms with Crippen molar-refractivity contribution < 1.29 is 8.42 Å². The molecule has 8 heteroatoms.